The second-order valence-electron chi connectivity index (χ2n) is 11.9. The Hall–Kier alpha value is -2.67. The molecule has 11 nitrogen and oxygen atoms in total. The van der Waals surface area contributed by atoms with Gasteiger partial charge in [0, 0.05) is 6.42 Å². The molecule has 1 aromatic carbocycles. The summed E-state index contributed by atoms with van der Waals surface area (Å²) in [5.74, 6) is -3.55. The number of unbranched alkanes of at least 4 members (excludes halogenated alkanes) is 4. The zero-order valence-corrected chi connectivity index (χ0v) is 30.6. The van der Waals surface area contributed by atoms with Crippen molar-refractivity contribution in [3.8, 4) is 0 Å². The molecule has 0 aliphatic rings. The van der Waals surface area contributed by atoms with Crippen LogP contribution < -0.4 is 24.8 Å². The molecule has 0 fully saturated rings. The van der Waals surface area contributed by atoms with Crippen molar-refractivity contribution in [2.45, 2.75) is 117 Å². The zero-order chi connectivity index (χ0) is 33.7. The molecule has 2 atom stereocenters. The number of carbonyl (C=O) groups is 5. The Morgan fingerprint density at radius 2 is 1.42 bits per heavy atom. The van der Waals surface area contributed by atoms with E-state index in [0.29, 0.717) is 24.9 Å². The van der Waals surface area contributed by atoms with Gasteiger partial charge in [0.2, 0.25) is 5.91 Å². The first-order valence-corrected chi connectivity index (χ1v) is 24.1. The van der Waals surface area contributed by atoms with Gasteiger partial charge in [-0.2, -0.15) is 0 Å². The van der Waals surface area contributed by atoms with E-state index in [0.717, 1.165) is 0 Å². The standard InChI is InChI=1S/C21H29N4O7.3C4H9.Sn/c1-22-15(10-11-18(27)28)20(30)24-13-17(26)25-16(21(31)32)9-5-6-12-23-19(29)14-7-3-2-4-8-14;3*1-3-4-2;/h2-3,7-8,15-16,22H,5-6,9-13H2,1H3,(H,23,29)(H,24,30)(H,25,26)(H,27,28)(H,31,32);3*1,3-4H2,2H3;. The Morgan fingerprint density at radius 1 is 0.800 bits per heavy atom. The number of amides is 3. The minimum atomic E-state index is -2.67. The Morgan fingerprint density at radius 3 is 1.96 bits per heavy atom. The zero-order valence-electron chi connectivity index (χ0n) is 27.7. The number of likely N-dealkylation sites (N-methyl/N-ethyl adjacent to an activating group) is 1. The Kier molecular flexibility index (Phi) is 20.4. The van der Waals surface area contributed by atoms with Gasteiger partial charge in [0.15, 0.2) is 0 Å². The summed E-state index contributed by atoms with van der Waals surface area (Å²) in [6.07, 6.45) is 8.33. The summed E-state index contributed by atoms with van der Waals surface area (Å²) in [5.41, 5.74) is 0.680. The Labute approximate surface area is 272 Å². The number of hydrogen-bond acceptors (Lipinski definition) is 6. The molecule has 0 aliphatic carbocycles. The molecule has 0 aliphatic heterocycles. The molecular formula is C33H56N4O7Sn. The number of carbonyl (C=O) groups excluding carboxylic acids is 3. The number of nitrogens with one attached hydrogen (secondary N) is 4. The van der Waals surface area contributed by atoms with Gasteiger partial charge < -0.3 is 15.7 Å². The molecule has 6 N–H and O–H groups in total. The van der Waals surface area contributed by atoms with Crippen LogP contribution in [0.2, 0.25) is 13.3 Å². The Balaban J connectivity index is 2.66. The van der Waals surface area contributed by atoms with Crippen molar-refractivity contribution in [1.29, 1.82) is 0 Å². The summed E-state index contributed by atoms with van der Waals surface area (Å²) in [6, 6.07) is 6.38. The van der Waals surface area contributed by atoms with Crippen molar-refractivity contribution >= 4 is 51.6 Å². The molecule has 2 unspecified atom stereocenters. The van der Waals surface area contributed by atoms with Gasteiger partial charge in [0.1, 0.15) is 0 Å². The molecule has 0 spiro atoms. The van der Waals surface area contributed by atoms with E-state index in [1.165, 1.54) is 62.5 Å². The van der Waals surface area contributed by atoms with Gasteiger partial charge in [-0.05, 0) is 13.5 Å². The van der Waals surface area contributed by atoms with E-state index < -0.39 is 60.8 Å². The van der Waals surface area contributed by atoms with Crippen molar-refractivity contribution < 1.29 is 34.2 Å². The summed E-state index contributed by atoms with van der Waals surface area (Å²) < 4.78 is 5.43. The molecule has 1 aromatic rings. The quantitative estimate of drug-likeness (QED) is 0.0650. The van der Waals surface area contributed by atoms with Gasteiger partial charge in [-0.15, -0.1) is 0 Å². The van der Waals surface area contributed by atoms with E-state index in [2.05, 4.69) is 54.2 Å². The minimum absolute atomic E-state index is 0.0548. The van der Waals surface area contributed by atoms with Gasteiger partial charge in [0.25, 0.3) is 0 Å². The fourth-order valence-electron chi connectivity index (χ4n) is 5.59. The summed E-state index contributed by atoms with van der Waals surface area (Å²) in [6.45, 7) is 6.71. The van der Waals surface area contributed by atoms with Crippen molar-refractivity contribution in [2.75, 3.05) is 20.1 Å². The molecule has 12 heteroatoms. The van der Waals surface area contributed by atoms with Crippen LogP contribution in [0.1, 0.15) is 102 Å². The fourth-order valence-corrected chi connectivity index (χ4v) is 21.6. The summed E-state index contributed by atoms with van der Waals surface area (Å²) in [4.78, 5) is 60.0. The van der Waals surface area contributed by atoms with Crippen LogP contribution in [0.3, 0.4) is 0 Å². The average molecular weight is 740 g/mol. The number of benzene rings is 1. The number of hydrogen-bond donors (Lipinski definition) is 6. The van der Waals surface area contributed by atoms with E-state index in [4.69, 9.17) is 5.11 Å². The topological polar surface area (TPSA) is 174 Å². The van der Waals surface area contributed by atoms with Gasteiger partial charge in [-0.1, -0.05) is 0 Å². The maximum absolute atomic E-state index is 13.1. The SMILES string of the molecule is CCC[CH2][Sn]([CH2]CCC)([CH2]CCC)[c]1cccc(C(=O)NCCCCC(NC(=O)CNC(=O)C(CCC(=O)O)NC)C(=O)O)c1. The second-order valence-corrected chi connectivity index (χ2v) is 25.1. The molecule has 45 heavy (non-hydrogen) atoms. The molecule has 254 valence electrons. The van der Waals surface area contributed by atoms with E-state index in [1.54, 1.807) is 0 Å². The first-order chi connectivity index (χ1) is 21.5. The molecule has 0 bridgehead atoms. The van der Waals surface area contributed by atoms with Crippen LogP contribution >= 0.6 is 0 Å². The third-order valence-corrected chi connectivity index (χ3v) is 23.9. The van der Waals surface area contributed by atoms with Crippen LogP contribution in [-0.4, -0.2) is 90.5 Å². The normalized spacial score (nSPS) is 12.6. The molecule has 3 amide bonds. The molecular weight excluding hydrogens is 683 g/mol. The van der Waals surface area contributed by atoms with E-state index in [-0.39, 0.29) is 25.2 Å². The fraction of sp³-hybridized carbons (Fsp3) is 0.667. The van der Waals surface area contributed by atoms with Crippen LogP contribution in [0.15, 0.2) is 24.3 Å². The molecule has 0 aromatic heterocycles. The van der Waals surface area contributed by atoms with Crippen LogP contribution in [0.25, 0.3) is 0 Å². The third-order valence-electron chi connectivity index (χ3n) is 8.34. The molecule has 1 rings (SSSR count). The van der Waals surface area contributed by atoms with Gasteiger partial charge >= 0.3 is 205 Å². The number of carboxylic acid groups (broad SMARTS) is 2. The average Bonchev–Trinajstić information content (AvgIpc) is 3.02. The molecule has 0 heterocycles. The first kappa shape index (κ1) is 40.4. The molecule has 0 saturated heterocycles. The van der Waals surface area contributed by atoms with Crippen LogP contribution in [-0.2, 0) is 19.2 Å². The summed E-state index contributed by atoms with van der Waals surface area (Å²) in [5, 5.41) is 28.9. The molecule has 0 saturated carbocycles. The number of rotatable bonds is 25. The van der Waals surface area contributed by atoms with Crippen LogP contribution in [0.5, 0.6) is 0 Å². The second kappa shape index (κ2) is 22.8. The van der Waals surface area contributed by atoms with E-state index in [1.807, 2.05) is 12.1 Å². The van der Waals surface area contributed by atoms with E-state index >= 15 is 0 Å². The van der Waals surface area contributed by atoms with Crippen LogP contribution in [0.4, 0.5) is 0 Å². The van der Waals surface area contributed by atoms with Crippen molar-refractivity contribution in [3.63, 3.8) is 0 Å². The summed E-state index contributed by atoms with van der Waals surface area (Å²) >= 11 is -2.67. The van der Waals surface area contributed by atoms with Gasteiger partial charge in [-0.3, -0.25) is 14.4 Å². The number of aliphatic carboxylic acids is 2. The first-order valence-electron chi connectivity index (χ1n) is 16.6. The van der Waals surface area contributed by atoms with Crippen molar-refractivity contribution in [1.82, 2.24) is 21.3 Å². The van der Waals surface area contributed by atoms with E-state index in [9.17, 15) is 29.1 Å². The monoisotopic (exact) mass is 740 g/mol. The predicted molar refractivity (Wildman–Crippen MR) is 179 cm³/mol. The van der Waals surface area contributed by atoms with Gasteiger partial charge in [-0.25, -0.2) is 0 Å². The van der Waals surface area contributed by atoms with Crippen LogP contribution in [0, 0.1) is 0 Å². The maximum atomic E-state index is 13.1. The summed E-state index contributed by atoms with van der Waals surface area (Å²) in [7, 11) is 1.51. The predicted octanol–water partition coefficient (Wildman–Crippen LogP) is 3.78. The van der Waals surface area contributed by atoms with Gasteiger partial charge in [0.05, 0.1) is 12.6 Å². The van der Waals surface area contributed by atoms with Crippen molar-refractivity contribution in [2.24, 2.45) is 0 Å². The third kappa shape index (κ3) is 15.4. The Bertz CT molecular complexity index is 1060. The number of carboxylic acids is 2. The molecule has 0 radical (unpaired) electrons. The van der Waals surface area contributed by atoms with Crippen molar-refractivity contribution in [3.05, 3.63) is 29.8 Å².